The molecule has 0 saturated carbocycles. The summed E-state index contributed by atoms with van der Waals surface area (Å²) in [6.07, 6.45) is 0. The first-order valence-corrected chi connectivity index (χ1v) is 6.54. The predicted octanol–water partition coefficient (Wildman–Crippen LogP) is 3.35. The van der Waals surface area contributed by atoms with Crippen molar-refractivity contribution >= 4 is 5.69 Å². The number of rotatable bonds is 1. The van der Waals surface area contributed by atoms with Gasteiger partial charge in [0.15, 0.2) is 0 Å². The molecule has 1 aromatic carbocycles. The Morgan fingerprint density at radius 2 is 2.06 bits per heavy atom. The highest BCUT2D eigenvalue weighted by Crippen LogP contribution is 2.29. The Hall–Kier alpha value is -1.09. The molecule has 1 atom stereocenters. The van der Waals surface area contributed by atoms with Crippen LogP contribution in [0.3, 0.4) is 0 Å². The normalized spacial score (nSPS) is 21.2. The van der Waals surface area contributed by atoms with Gasteiger partial charge in [0.2, 0.25) is 0 Å². The van der Waals surface area contributed by atoms with Gasteiger partial charge >= 0.3 is 0 Å². The van der Waals surface area contributed by atoms with Gasteiger partial charge in [0.1, 0.15) is 5.82 Å². The highest BCUT2D eigenvalue weighted by Gasteiger charge is 2.23. The molecule has 2 nitrogen and oxygen atoms in total. The van der Waals surface area contributed by atoms with E-state index in [1.165, 1.54) is 0 Å². The summed E-state index contributed by atoms with van der Waals surface area (Å²) in [6, 6.07) is 5.82. The number of benzene rings is 1. The fraction of sp³-hybridized carbons (Fsp3) is 0.600. The van der Waals surface area contributed by atoms with Crippen LogP contribution in [0.4, 0.5) is 10.1 Å². The number of morpholine rings is 1. The van der Waals surface area contributed by atoms with E-state index in [-0.39, 0.29) is 17.3 Å². The molecule has 100 valence electrons. The zero-order valence-corrected chi connectivity index (χ0v) is 11.7. The first-order chi connectivity index (χ1) is 8.39. The minimum atomic E-state index is -0.129. The van der Waals surface area contributed by atoms with Crippen molar-refractivity contribution in [2.24, 2.45) is 0 Å². The van der Waals surface area contributed by atoms with Crippen LogP contribution < -0.4 is 4.90 Å². The summed E-state index contributed by atoms with van der Waals surface area (Å²) in [5.41, 5.74) is 1.71. The van der Waals surface area contributed by atoms with Crippen molar-refractivity contribution in [3.05, 3.63) is 29.6 Å². The summed E-state index contributed by atoms with van der Waals surface area (Å²) in [5.74, 6) is -0.129. The molecule has 0 amide bonds. The van der Waals surface area contributed by atoms with Crippen LogP contribution in [0, 0.1) is 5.82 Å². The summed E-state index contributed by atoms with van der Waals surface area (Å²) in [4.78, 5) is 2.09. The van der Waals surface area contributed by atoms with E-state index in [0.29, 0.717) is 18.9 Å². The van der Waals surface area contributed by atoms with E-state index in [2.05, 4.69) is 32.6 Å². The molecule has 0 aliphatic carbocycles. The summed E-state index contributed by atoms with van der Waals surface area (Å²) in [7, 11) is 0. The van der Waals surface area contributed by atoms with Gasteiger partial charge in [-0.2, -0.15) is 0 Å². The first kappa shape index (κ1) is 13.3. The van der Waals surface area contributed by atoms with Crippen LogP contribution in [0.2, 0.25) is 0 Å². The fourth-order valence-electron chi connectivity index (χ4n) is 2.29. The lowest BCUT2D eigenvalue weighted by molar-refractivity contribution is 0.0986. The van der Waals surface area contributed by atoms with Gasteiger partial charge in [-0.05, 0) is 30.0 Å². The summed E-state index contributed by atoms with van der Waals surface area (Å²) in [6.45, 7) is 10.4. The molecule has 1 unspecified atom stereocenters. The standard InChI is InChI=1S/C15H22FNO/c1-11-10-18-8-7-17(11)14-6-5-12(9-13(14)16)15(2,3)4/h5-6,9,11H,7-8,10H2,1-4H3. The van der Waals surface area contributed by atoms with Crippen LogP contribution in [0.25, 0.3) is 0 Å². The molecule has 0 aromatic heterocycles. The largest absolute Gasteiger partial charge is 0.377 e. The van der Waals surface area contributed by atoms with Gasteiger partial charge in [-0.25, -0.2) is 4.39 Å². The molecule has 1 fully saturated rings. The number of halogens is 1. The second-order valence-electron chi connectivity index (χ2n) is 6.03. The van der Waals surface area contributed by atoms with Crippen LogP contribution in [0.5, 0.6) is 0 Å². The van der Waals surface area contributed by atoms with Crippen LogP contribution in [0.15, 0.2) is 18.2 Å². The number of anilines is 1. The maximum atomic E-state index is 14.3. The maximum absolute atomic E-state index is 14.3. The number of nitrogens with zero attached hydrogens (tertiary/aromatic N) is 1. The highest BCUT2D eigenvalue weighted by atomic mass is 19.1. The van der Waals surface area contributed by atoms with E-state index in [1.807, 2.05) is 12.1 Å². The van der Waals surface area contributed by atoms with Crippen molar-refractivity contribution in [3.63, 3.8) is 0 Å². The van der Waals surface area contributed by atoms with Gasteiger partial charge in [-0.3, -0.25) is 0 Å². The average Bonchev–Trinajstić information content (AvgIpc) is 2.29. The third-order valence-electron chi connectivity index (χ3n) is 3.49. The Balaban J connectivity index is 2.29. The lowest BCUT2D eigenvalue weighted by Gasteiger charge is -2.35. The number of hydrogen-bond acceptors (Lipinski definition) is 2. The molecule has 0 radical (unpaired) electrons. The molecule has 0 spiro atoms. The van der Waals surface area contributed by atoms with Gasteiger partial charge in [-0.1, -0.05) is 26.8 Å². The van der Waals surface area contributed by atoms with E-state index in [0.717, 1.165) is 12.1 Å². The Morgan fingerprint density at radius 1 is 1.33 bits per heavy atom. The van der Waals surface area contributed by atoms with Crippen molar-refractivity contribution in [1.29, 1.82) is 0 Å². The molecule has 3 heteroatoms. The average molecular weight is 251 g/mol. The van der Waals surface area contributed by atoms with Crippen LogP contribution in [-0.4, -0.2) is 25.8 Å². The number of hydrogen-bond donors (Lipinski definition) is 0. The molecule has 0 N–H and O–H groups in total. The Kier molecular flexibility index (Phi) is 3.62. The van der Waals surface area contributed by atoms with E-state index in [4.69, 9.17) is 4.74 Å². The third kappa shape index (κ3) is 2.66. The molecule has 0 bridgehead atoms. The van der Waals surface area contributed by atoms with Crippen molar-refractivity contribution < 1.29 is 9.13 Å². The summed E-state index contributed by atoms with van der Waals surface area (Å²) < 4.78 is 19.6. The minimum absolute atomic E-state index is 0.0179. The second-order valence-corrected chi connectivity index (χ2v) is 6.03. The van der Waals surface area contributed by atoms with Crippen molar-refractivity contribution in [2.75, 3.05) is 24.7 Å². The highest BCUT2D eigenvalue weighted by molar-refractivity contribution is 5.51. The van der Waals surface area contributed by atoms with Gasteiger partial charge in [0.25, 0.3) is 0 Å². The topological polar surface area (TPSA) is 12.5 Å². The van der Waals surface area contributed by atoms with Crippen molar-refractivity contribution in [2.45, 2.75) is 39.2 Å². The molecular formula is C15H22FNO. The lowest BCUT2D eigenvalue weighted by atomic mass is 9.87. The molecule has 1 aromatic rings. The monoisotopic (exact) mass is 251 g/mol. The van der Waals surface area contributed by atoms with Gasteiger partial charge in [-0.15, -0.1) is 0 Å². The van der Waals surface area contributed by atoms with E-state index >= 15 is 0 Å². The van der Waals surface area contributed by atoms with Gasteiger partial charge in [0.05, 0.1) is 18.9 Å². The summed E-state index contributed by atoms with van der Waals surface area (Å²) in [5, 5.41) is 0. The quantitative estimate of drug-likeness (QED) is 0.759. The van der Waals surface area contributed by atoms with E-state index < -0.39 is 0 Å². The van der Waals surface area contributed by atoms with E-state index in [1.54, 1.807) is 6.07 Å². The Labute approximate surface area is 109 Å². The zero-order valence-electron chi connectivity index (χ0n) is 11.7. The Morgan fingerprint density at radius 3 is 2.61 bits per heavy atom. The first-order valence-electron chi connectivity index (χ1n) is 6.54. The van der Waals surface area contributed by atoms with Crippen LogP contribution in [-0.2, 0) is 10.2 Å². The van der Waals surface area contributed by atoms with E-state index in [9.17, 15) is 4.39 Å². The van der Waals surface area contributed by atoms with Crippen molar-refractivity contribution in [1.82, 2.24) is 0 Å². The maximum Gasteiger partial charge on any atom is 0.146 e. The SMILES string of the molecule is CC1COCCN1c1ccc(C(C)(C)C)cc1F. The van der Waals surface area contributed by atoms with Crippen LogP contribution in [0.1, 0.15) is 33.3 Å². The Bertz CT molecular complexity index is 425. The molecule has 1 aliphatic heterocycles. The van der Waals surface area contributed by atoms with Gasteiger partial charge in [0, 0.05) is 12.6 Å². The molecule has 18 heavy (non-hydrogen) atoms. The molecule has 1 heterocycles. The minimum Gasteiger partial charge on any atom is -0.377 e. The number of ether oxygens (including phenoxy) is 1. The second kappa shape index (κ2) is 4.88. The van der Waals surface area contributed by atoms with Crippen molar-refractivity contribution in [3.8, 4) is 0 Å². The lowest BCUT2D eigenvalue weighted by Crippen LogP contribution is -2.44. The fourth-order valence-corrected chi connectivity index (χ4v) is 2.29. The van der Waals surface area contributed by atoms with Gasteiger partial charge < -0.3 is 9.64 Å². The molecule has 1 aliphatic rings. The molecule has 1 saturated heterocycles. The third-order valence-corrected chi connectivity index (χ3v) is 3.49. The zero-order chi connectivity index (χ0) is 13.3. The molecular weight excluding hydrogens is 229 g/mol. The van der Waals surface area contributed by atoms with Crippen LogP contribution >= 0.6 is 0 Å². The molecule has 2 rings (SSSR count). The summed E-state index contributed by atoms with van der Waals surface area (Å²) >= 11 is 0. The smallest absolute Gasteiger partial charge is 0.146 e. The predicted molar refractivity (Wildman–Crippen MR) is 72.7 cm³/mol.